The Morgan fingerprint density at radius 1 is 1.44 bits per heavy atom. The van der Waals surface area contributed by atoms with Gasteiger partial charge in [0.1, 0.15) is 0 Å². The van der Waals surface area contributed by atoms with Gasteiger partial charge >= 0.3 is 0 Å². The van der Waals surface area contributed by atoms with Gasteiger partial charge < -0.3 is 9.47 Å². The van der Waals surface area contributed by atoms with Gasteiger partial charge in [-0.15, -0.1) is 0 Å². The number of ether oxygens (including phenoxy) is 2. The van der Waals surface area contributed by atoms with E-state index in [-0.39, 0.29) is 11.7 Å². The highest BCUT2D eigenvalue weighted by molar-refractivity contribution is 9.11. The first-order chi connectivity index (χ1) is 7.63. The molecule has 1 aliphatic carbocycles. The predicted octanol–water partition coefficient (Wildman–Crippen LogP) is 3.85. The van der Waals surface area contributed by atoms with Crippen molar-refractivity contribution in [3.63, 3.8) is 0 Å². The van der Waals surface area contributed by atoms with Gasteiger partial charge in [-0.1, -0.05) is 35.4 Å². The Morgan fingerprint density at radius 3 is 2.75 bits per heavy atom. The Hall–Kier alpha value is 0.140. The van der Waals surface area contributed by atoms with E-state index in [1.807, 2.05) is 0 Å². The predicted molar refractivity (Wildman–Crippen MR) is 68.4 cm³/mol. The van der Waals surface area contributed by atoms with Crippen molar-refractivity contribution in [3.05, 3.63) is 10.6 Å². The molecular weight excluding hydrogens is 268 g/mol. The summed E-state index contributed by atoms with van der Waals surface area (Å²) in [5.41, 5.74) is 0.218. The molecule has 0 aromatic carbocycles. The van der Waals surface area contributed by atoms with Crippen LogP contribution < -0.4 is 0 Å². The summed E-state index contributed by atoms with van der Waals surface area (Å²) < 4.78 is 12.7. The van der Waals surface area contributed by atoms with Crippen LogP contribution in [0.3, 0.4) is 0 Å². The Morgan fingerprint density at radius 2 is 2.12 bits per heavy atom. The number of rotatable bonds is 3. The molecule has 0 amide bonds. The van der Waals surface area contributed by atoms with Crippen LogP contribution in [0.1, 0.15) is 39.5 Å². The summed E-state index contributed by atoms with van der Waals surface area (Å²) in [4.78, 5) is 0. The fourth-order valence-corrected chi connectivity index (χ4v) is 3.19. The van der Waals surface area contributed by atoms with Crippen LogP contribution >= 0.6 is 15.9 Å². The third kappa shape index (κ3) is 2.52. The number of hydrogen-bond acceptors (Lipinski definition) is 2. The SMILES string of the molecule is C/C(Br)=C/C[C@@H]1CCC[C@@]1(C)C1OCCO1. The molecule has 92 valence electrons. The molecule has 2 rings (SSSR count). The van der Waals surface area contributed by atoms with Crippen molar-refractivity contribution >= 4 is 15.9 Å². The molecule has 2 fully saturated rings. The van der Waals surface area contributed by atoms with E-state index in [0.717, 1.165) is 19.6 Å². The minimum Gasteiger partial charge on any atom is -0.350 e. The summed E-state index contributed by atoms with van der Waals surface area (Å²) in [5, 5.41) is 0. The topological polar surface area (TPSA) is 18.5 Å². The van der Waals surface area contributed by atoms with Crippen LogP contribution in [0.25, 0.3) is 0 Å². The molecule has 2 atom stereocenters. The molecule has 1 heterocycles. The van der Waals surface area contributed by atoms with Crippen molar-refractivity contribution in [2.75, 3.05) is 13.2 Å². The molecular formula is C13H21BrO2. The van der Waals surface area contributed by atoms with E-state index in [0.29, 0.717) is 5.92 Å². The third-order valence-electron chi connectivity index (χ3n) is 4.04. The molecule has 0 N–H and O–H groups in total. The molecule has 1 aliphatic heterocycles. The Kier molecular flexibility index (Phi) is 4.09. The summed E-state index contributed by atoms with van der Waals surface area (Å²) in [7, 11) is 0. The van der Waals surface area contributed by atoms with E-state index < -0.39 is 0 Å². The lowest BCUT2D eigenvalue weighted by Crippen LogP contribution is -2.36. The molecule has 0 bridgehead atoms. The minimum atomic E-state index is 0.0315. The van der Waals surface area contributed by atoms with E-state index >= 15 is 0 Å². The fraction of sp³-hybridized carbons (Fsp3) is 0.846. The number of halogens is 1. The van der Waals surface area contributed by atoms with Crippen molar-refractivity contribution in [2.45, 2.75) is 45.8 Å². The zero-order valence-corrected chi connectivity index (χ0v) is 11.8. The van der Waals surface area contributed by atoms with Crippen LogP contribution in [0.4, 0.5) is 0 Å². The highest BCUT2D eigenvalue weighted by atomic mass is 79.9. The molecule has 3 heteroatoms. The van der Waals surface area contributed by atoms with Crippen molar-refractivity contribution in [2.24, 2.45) is 11.3 Å². The van der Waals surface area contributed by atoms with Gasteiger partial charge in [0.2, 0.25) is 0 Å². The molecule has 1 saturated carbocycles. The lowest BCUT2D eigenvalue weighted by Gasteiger charge is -2.35. The zero-order valence-electron chi connectivity index (χ0n) is 10.2. The van der Waals surface area contributed by atoms with E-state index in [1.165, 1.54) is 23.7 Å². The number of allylic oxidation sites excluding steroid dienone is 2. The Balaban J connectivity index is 2.03. The fourth-order valence-electron chi connectivity index (χ4n) is 3.00. The van der Waals surface area contributed by atoms with Crippen LogP contribution in [0.15, 0.2) is 10.6 Å². The van der Waals surface area contributed by atoms with E-state index in [1.54, 1.807) is 0 Å². The first kappa shape index (κ1) is 12.6. The average molecular weight is 289 g/mol. The highest BCUT2D eigenvalue weighted by Crippen LogP contribution is 2.49. The summed E-state index contributed by atoms with van der Waals surface area (Å²) in [6.45, 7) is 5.95. The molecule has 0 aromatic rings. The first-order valence-electron chi connectivity index (χ1n) is 6.18. The van der Waals surface area contributed by atoms with Crippen LogP contribution in [0.5, 0.6) is 0 Å². The van der Waals surface area contributed by atoms with Crippen molar-refractivity contribution in [1.29, 1.82) is 0 Å². The van der Waals surface area contributed by atoms with Gasteiger partial charge in [-0.3, -0.25) is 0 Å². The molecule has 0 aromatic heterocycles. The second-order valence-corrected chi connectivity index (χ2v) is 6.45. The highest BCUT2D eigenvalue weighted by Gasteiger charge is 2.46. The average Bonchev–Trinajstić information content (AvgIpc) is 2.84. The summed E-state index contributed by atoms with van der Waals surface area (Å²) in [6, 6.07) is 0. The maximum Gasteiger partial charge on any atom is 0.163 e. The lowest BCUT2D eigenvalue weighted by atomic mass is 9.77. The van der Waals surface area contributed by atoms with Crippen LogP contribution in [-0.2, 0) is 9.47 Å². The monoisotopic (exact) mass is 288 g/mol. The van der Waals surface area contributed by atoms with Gasteiger partial charge in [-0.25, -0.2) is 0 Å². The van der Waals surface area contributed by atoms with Gasteiger partial charge in [0.25, 0.3) is 0 Å². The van der Waals surface area contributed by atoms with Gasteiger partial charge in [0, 0.05) is 5.41 Å². The van der Waals surface area contributed by atoms with E-state index in [2.05, 4.69) is 35.9 Å². The smallest absolute Gasteiger partial charge is 0.163 e. The summed E-state index contributed by atoms with van der Waals surface area (Å²) >= 11 is 3.50. The van der Waals surface area contributed by atoms with Gasteiger partial charge in [0.15, 0.2) is 6.29 Å². The van der Waals surface area contributed by atoms with Crippen molar-refractivity contribution in [1.82, 2.24) is 0 Å². The zero-order chi connectivity index (χ0) is 11.6. The summed E-state index contributed by atoms with van der Waals surface area (Å²) in [5.74, 6) is 0.697. The minimum absolute atomic E-state index is 0.0315. The molecule has 1 saturated heterocycles. The van der Waals surface area contributed by atoms with Crippen LogP contribution in [-0.4, -0.2) is 19.5 Å². The molecule has 16 heavy (non-hydrogen) atoms. The second-order valence-electron chi connectivity index (χ2n) is 5.20. The maximum absolute atomic E-state index is 5.72. The molecule has 2 aliphatic rings. The molecule has 0 unspecified atom stereocenters. The Labute approximate surface area is 107 Å². The first-order valence-corrected chi connectivity index (χ1v) is 6.98. The quantitative estimate of drug-likeness (QED) is 0.785. The molecule has 0 radical (unpaired) electrons. The third-order valence-corrected chi connectivity index (χ3v) is 4.37. The molecule has 0 spiro atoms. The Bertz CT molecular complexity index is 267. The normalized spacial score (nSPS) is 37.2. The van der Waals surface area contributed by atoms with Crippen molar-refractivity contribution in [3.8, 4) is 0 Å². The largest absolute Gasteiger partial charge is 0.350 e. The van der Waals surface area contributed by atoms with Gasteiger partial charge in [0.05, 0.1) is 13.2 Å². The van der Waals surface area contributed by atoms with Crippen LogP contribution in [0, 0.1) is 11.3 Å². The summed E-state index contributed by atoms with van der Waals surface area (Å²) in [6.07, 6.45) is 7.29. The lowest BCUT2D eigenvalue weighted by molar-refractivity contribution is -0.140. The number of hydrogen-bond donors (Lipinski definition) is 0. The van der Waals surface area contributed by atoms with Gasteiger partial charge in [-0.05, 0) is 36.6 Å². The second kappa shape index (κ2) is 5.19. The maximum atomic E-state index is 5.72. The van der Waals surface area contributed by atoms with Crippen molar-refractivity contribution < 1.29 is 9.47 Å². The standard InChI is InChI=1S/C13H21BrO2/c1-10(14)5-6-11-4-3-7-13(11,2)12-15-8-9-16-12/h5,11-12H,3-4,6-9H2,1-2H3/b10-5-/t11-,13+/m0/s1. The van der Waals surface area contributed by atoms with E-state index in [4.69, 9.17) is 9.47 Å². The van der Waals surface area contributed by atoms with Crippen LogP contribution in [0.2, 0.25) is 0 Å². The molecule has 2 nitrogen and oxygen atoms in total. The van der Waals surface area contributed by atoms with E-state index in [9.17, 15) is 0 Å². The van der Waals surface area contributed by atoms with Gasteiger partial charge in [-0.2, -0.15) is 0 Å².